The molecule has 0 heterocycles. The maximum Gasteiger partial charge on any atom is 0.191 e. The average molecular weight is 437 g/mol. The molecule has 126 valence electrons. The fourth-order valence-corrected chi connectivity index (χ4v) is 2.22. The average Bonchev–Trinajstić information content (AvgIpc) is 2.50. The van der Waals surface area contributed by atoms with Crippen LogP contribution in [0.25, 0.3) is 0 Å². The lowest BCUT2D eigenvalue weighted by Crippen LogP contribution is -2.40. The molecule has 6 heteroatoms. The highest BCUT2D eigenvalue weighted by molar-refractivity contribution is 14.0. The molecule has 2 N–H and O–H groups in total. The summed E-state index contributed by atoms with van der Waals surface area (Å²) in [5.41, 5.74) is 1.25. The van der Waals surface area contributed by atoms with Crippen LogP contribution in [0.5, 0.6) is 5.75 Å². The van der Waals surface area contributed by atoms with Crippen LogP contribution in [0.1, 0.15) is 25.3 Å². The first-order valence-electron chi connectivity index (χ1n) is 7.34. The molecule has 1 rings (SSSR count). The number of halogens is 1. The summed E-state index contributed by atoms with van der Waals surface area (Å²) in [4.78, 5) is 4.18. The van der Waals surface area contributed by atoms with E-state index in [4.69, 9.17) is 4.74 Å². The highest BCUT2D eigenvalue weighted by atomic mass is 127. The first kappa shape index (κ1) is 21.4. The summed E-state index contributed by atoms with van der Waals surface area (Å²) >= 11 is 1.81. The highest BCUT2D eigenvalue weighted by Crippen LogP contribution is 2.25. The molecule has 1 aromatic carbocycles. The Kier molecular flexibility index (Phi) is 12.5. The minimum absolute atomic E-state index is 0. The number of ether oxygens (including phenoxy) is 1. The van der Waals surface area contributed by atoms with Crippen molar-refractivity contribution >= 4 is 41.7 Å². The van der Waals surface area contributed by atoms with Crippen molar-refractivity contribution in [2.75, 3.05) is 38.8 Å². The van der Waals surface area contributed by atoms with E-state index in [0.717, 1.165) is 30.6 Å². The molecule has 0 radical (unpaired) electrons. The van der Waals surface area contributed by atoms with Crippen molar-refractivity contribution in [3.8, 4) is 5.75 Å². The van der Waals surface area contributed by atoms with Crippen LogP contribution in [0.4, 0.5) is 0 Å². The number of aliphatic imine (C=N–C) groups is 1. The van der Waals surface area contributed by atoms with Gasteiger partial charge in [-0.05, 0) is 23.8 Å². The van der Waals surface area contributed by atoms with Gasteiger partial charge in [0.15, 0.2) is 5.96 Å². The molecule has 0 atom stereocenters. The zero-order valence-electron chi connectivity index (χ0n) is 13.9. The van der Waals surface area contributed by atoms with Gasteiger partial charge in [-0.1, -0.05) is 32.0 Å². The number of para-hydroxylation sites is 1. The Hall–Kier alpha value is -0.630. The lowest BCUT2D eigenvalue weighted by Gasteiger charge is -2.15. The number of hydrogen-bond donors (Lipinski definition) is 2. The van der Waals surface area contributed by atoms with E-state index in [-0.39, 0.29) is 24.0 Å². The molecular weight excluding hydrogens is 409 g/mol. The van der Waals surface area contributed by atoms with Crippen LogP contribution in [0.3, 0.4) is 0 Å². The first-order valence-corrected chi connectivity index (χ1v) is 8.73. The number of benzene rings is 1. The lowest BCUT2D eigenvalue weighted by molar-refractivity contribution is 0.317. The first-order chi connectivity index (χ1) is 10.2. The van der Waals surface area contributed by atoms with Crippen molar-refractivity contribution in [2.45, 2.75) is 19.8 Å². The Balaban J connectivity index is 0.00000441. The fraction of sp³-hybridized carbons (Fsp3) is 0.562. The van der Waals surface area contributed by atoms with Gasteiger partial charge in [-0.2, -0.15) is 11.8 Å². The zero-order valence-corrected chi connectivity index (χ0v) is 17.0. The third-order valence-electron chi connectivity index (χ3n) is 3.02. The number of thioether (sulfide) groups is 1. The molecule has 0 unspecified atom stereocenters. The standard InChI is InChI=1S/C16H27N3OS.HI/c1-13(2)14-7-5-6-8-15(14)20-11-9-18-16(17-3)19-10-12-21-4;/h5-8,13H,9-12H2,1-4H3,(H2,17,18,19);1H. The minimum Gasteiger partial charge on any atom is -0.491 e. The molecule has 0 aliphatic heterocycles. The molecule has 22 heavy (non-hydrogen) atoms. The SMILES string of the molecule is CN=C(NCCOc1ccccc1C(C)C)NCCSC.I. The van der Waals surface area contributed by atoms with E-state index in [1.54, 1.807) is 7.05 Å². The third kappa shape index (κ3) is 8.12. The summed E-state index contributed by atoms with van der Waals surface area (Å²) in [5.74, 6) is 3.33. The smallest absolute Gasteiger partial charge is 0.191 e. The third-order valence-corrected chi connectivity index (χ3v) is 3.63. The molecule has 0 saturated heterocycles. The molecule has 0 spiro atoms. The van der Waals surface area contributed by atoms with Gasteiger partial charge in [-0.15, -0.1) is 24.0 Å². The van der Waals surface area contributed by atoms with Gasteiger partial charge in [0, 0.05) is 19.3 Å². The van der Waals surface area contributed by atoms with Crippen LogP contribution in [-0.4, -0.2) is 44.7 Å². The molecule has 0 saturated carbocycles. The molecule has 0 aliphatic rings. The van der Waals surface area contributed by atoms with Crippen LogP contribution in [0.15, 0.2) is 29.3 Å². The van der Waals surface area contributed by atoms with E-state index >= 15 is 0 Å². The Labute approximate surface area is 155 Å². The van der Waals surface area contributed by atoms with Gasteiger partial charge in [-0.3, -0.25) is 4.99 Å². The zero-order chi connectivity index (χ0) is 15.5. The van der Waals surface area contributed by atoms with E-state index in [0.29, 0.717) is 12.5 Å². The number of nitrogens with one attached hydrogen (secondary N) is 2. The Bertz CT molecular complexity index is 441. The van der Waals surface area contributed by atoms with E-state index in [1.165, 1.54) is 5.56 Å². The summed E-state index contributed by atoms with van der Waals surface area (Å²) in [6, 6.07) is 8.21. The Morgan fingerprint density at radius 2 is 1.91 bits per heavy atom. The molecule has 4 nitrogen and oxygen atoms in total. The summed E-state index contributed by atoms with van der Waals surface area (Å²) in [7, 11) is 1.78. The van der Waals surface area contributed by atoms with Crippen LogP contribution < -0.4 is 15.4 Å². The lowest BCUT2D eigenvalue weighted by atomic mass is 10.0. The van der Waals surface area contributed by atoms with Crippen molar-refractivity contribution < 1.29 is 4.74 Å². The quantitative estimate of drug-likeness (QED) is 0.284. The predicted molar refractivity (Wildman–Crippen MR) is 109 cm³/mol. The van der Waals surface area contributed by atoms with Gasteiger partial charge in [0.1, 0.15) is 12.4 Å². The minimum atomic E-state index is 0. The van der Waals surface area contributed by atoms with Gasteiger partial charge in [0.25, 0.3) is 0 Å². The second-order valence-corrected chi connectivity index (χ2v) is 5.95. The fourth-order valence-electron chi connectivity index (χ4n) is 1.91. The number of rotatable bonds is 8. The largest absolute Gasteiger partial charge is 0.491 e. The van der Waals surface area contributed by atoms with Crippen LogP contribution in [0, 0.1) is 0 Å². The predicted octanol–water partition coefficient (Wildman–Crippen LogP) is 3.33. The van der Waals surface area contributed by atoms with Crippen molar-refractivity contribution in [2.24, 2.45) is 4.99 Å². The monoisotopic (exact) mass is 437 g/mol. The van der Waals surface area contributed by atoms with Crippen LogP contribution >= 0.6 is 35.7 Å². The van der Waals surface area contributed by atoms with Crippen molar-refractivity contribution in [3.63, 3.8) is 0 Å². The molecule has 0 bridgehead atoms. The van der Waals surface area contributed by atoms with Gasteiger partial charge in [-0.25, -0.2) is 0 Å². The maximum absolute atomic E-state index is 5.87. The summed E-state index contributed by atoms with van der Waals surface area (Å²) in [6.45, 7) is 6.62. The van der Waals surface area contributed by atoms with Gasteiger partial charge in [0.2, 0.25) is 0 Å². The van der Waals surface area contributed by atoms with Gasteiger partial charge >= 0.3 is 0 Å². The summed E-state index contributed by atoms with van der Waals surface area (Å²) < 4.78 is 5.87. The summed E-state index contributed by atoms with van der Waals surface area (Å²) in [5, 5.41) is 6.51. The van der Waals surface area contributed by atoms with Gasteiger partial charge < -0.3 is 15.4 Å². The van der Waals surface area contributed by atoms with Crippen molar-refractivity contribution in [1.29, 1.82) is 0 Å². The molecular formula is C16H28IN3OS. The van der Waals surface area contributed by atoms with E-state index in [9.17, 15) is 0 Å². The highest BCUT2D eigenvalue weighted by Gasteiger charge is 2.06. The number of nitrogens with zero attached hydrogens (tertiary/aromatic N) is 1. The van der Waals surface area contributed by atoms with Crippen LogP contribution in [-0.2, 0) is 0 Å². The van der Waals surface area contributed by atoms with Crippen molar-refractivity contribution in [3.05, 3.63) is 29.8 Å². The molecule has 1 aromatic rings. The molecule has 0 aliphatic carbocycles. The molecule has 0 fully saturated rings. The van der Waals surface area contributed by atoms with Crippen molar-refractivity contribution in [1.82, 2.24) is 10.6 Å². The Morgan fingerprint density at radius 3 is 2.55 bits per heavy atom. The Morgan fingerprint density at radius 1 is 1.23 bits per heavy atom. The normalized spacial score (nSPS) is 11.0. The molecule has 0 aromatic heterocycles. The van der Waals surface area contributed by atoms with E-state index in [1.807, 2.05) is 23.9 Å². The molecule has 0 amide bonds. The van der Waals surface area contributed by atoms with E-state index in [2.05, 4.69) is 47.9 Å². The maximum atomic E-state index is 5.87. The van der Waals surface area contributed by atoms with Gasteiger partial charge in [0.05, 0.1) is 6.54 Å². The topological polar surface area (TPSA) is 45.7 Å². The second-order valence-electron chi connectivity index (χ2n) is 4.96. The van der Waals surface area contributed by atoms with Crippen LogP contribution in [0.2, 0.25) is 0 Å². The number of guanidine groups is 1. The number of hydrogen-bond acceptors (Lipinski definition) is 3. The second kappa shape index (κ2) is 12.9. The summed E-state index contributed by atoms with van der Waals surface area (Å²) in [6.07, 6.45) is 2.10. The van der Waals surface area contributed by atoms with E-state index < -0.39 is 0 Å².